The van der Waals surface area contributed by atoms with Gasteiger partial charge in [0.25, 0.3) is 0 Å². The molecule has 0 spiro atoms. The summed E-state index contributed by atoms with van der Waals surface area (Å²) < 4.78 is 20.1. The van der Waals surface area contributed by atoms with Gasteiger partial charge in [0.15, 0.2) is 0 Å². The summed E-state index contributed by atoms with van der Waals surface area (Å²) in [5.74, 6) is -0.290. The highest BCUT2D eigenvalue weighted by Gasteiger charge is 2.22. The molecule has 2 N–H and O–H groups in total. The highest BCUT2D eigenvalue weighted by molar-refractivity contribution is 9.10. The van der Waals surface area contributed by atoms with Gasteiger partial charge in [-0.2, -0.15) is 0 Å². The highest BCUT2D eigenvalue weighted by Crippen LogP contribution is 2.11. The van der Waals surface area contributed by atoms with Crippen molar-refractivity contribution in [3.8, 4) is 0 Å². The number of aromatic nitrogens is 2. The van der Waals surface area contributed by atoms with Crippen LogP contribution in [0.15, 0.2) is 15.8 Å². The zero-order chi connectivity index (χ0) is 27.2. The van der Waals surface area contributed by atoms with E-state index >= 15 is 0 Å². The Morgan fingerprint density at radius 1 is 0.886 bits per heavy atom. The third kappa shape index (κ3) is 12.7. The summed E-state index contributed by atoms with van der Waals surface area (Å²) in [7, 11) is 1.75. The van der Waals surface area contributed by atoms with Crippen molar-refractivity contribution >= 4 is 34.2 Å². The Morgan fingerprint density at radius 3 is 1.71 bits per heavy atom. The lowest BCUT2D eigenvalue weighted by Gasteiger charge is -2.24. The second kappa shape index (κ2) is 12.0. The van der Waals surface area contributed by atoms with Crippen molar-refractivity contribution in [2.75, 3.05) is 13.1 Å². The zero-order valence-electron chi connectivity index (χ0n) is 22.4. The maximum atomic E-state index is 12.3. The molecule has 0 saturated heterocycles. The molecule has 3 amide bonds. The minimum atomic E-state index is -0.727. The monoisotopic (exact) mass is 561 g/mol. The summed E-state index contributed by atoms with van der Waals surface area (Å²) in [6, 6.07) is 0. The summed E-state index contributed by atoms with van der Waals surface area (Å²) >= 11 is 3.45. The number of carbonyl (C=O) groups excluding carboxylic acids is 3. The van der Waals surface area contributed by atoms with Gasteiger partial charge in [-0.1, -0.05) is 0 Å². The molecule has 1 aromatic rings. The Balaban J connectivity index is 3.13. The van der Waals surface area contributed by atoms with Gasteiger partial charge in [-0.05, 0) is 78.2 Å². The molecule has 1 rings (SSSR count). The van der Waals surface area contributed by atoms with E-state index in [9.17, 15) is 14.4 Å². The van der Waals surface area contributed by atoms with Gasteiger partial charge in [0, 0.05) is 38.8 Å². The van der Waals surface area contributed by atoms with Gasteiger partial charge in [0.1, 0.15) is 21.4 Å². The summed E-state index contributed by atoms with van der Waals surface area (Å²) in [6.45, 7) is 16.6. The lowest BCUT2D eigenvalue weighted by molar-refractivity contribution is 0.0504. The third-order valence-corrected chi connectivity index (χ3v) is 4.78. The van der Waals surface area contributed by atoms with Crippen LogP contribution >= 0.6 is 15.9 Å². The van der Waals surface area contributed by atoms with Crippen molar-refractivity contribution in [2.45, 2.75) is 85.7 Å². The Kier molecular flexibility index (Phi) is 10.4. The predicted molar refractivity (Wildman–Crippen MR) is 135 cm³/mol. The molecule has 0 atom stereocenters. The van der Waals surface area contributed by atoms with E-state index in [4.69, 9.17) is 14.2 Å². The molecule has 0 fully saturated rings. The maximum Gasteiger partial charge on any atom is 0.437 e. The fourth-order valence-corrected chi connectivity index (χ4v) is 3.17. The molecule has 12 heteroatoms. The van der Waals surface area contributed by atoms with Crippen LogP contribution in [-0.4, -0.2) is 57.3 Å². The van der Waals surface area contributed by atoms with E-state index in [-0.39, 0.29) is 19.0 Å². The molecule has 200 valence electrons. The summed E-state index contributed by atoms with van der Waals surface area (Å²) in [6.07, 6.45) is -0.109. The first-order chi connectivity index (χ1) is 15.8. The number of nitrogens with zero attached hydrogens (tertiary/aromatic N) is 3. The van der Waals surface area contributed by atoms with Gasteiger partial charge >= 0.3 is 18.3 Å². The minimum Gasteiger partial charge on any atom is -0.444 e. The summed E-state index contributed by atoms with van der Waals surface area (Å²) in [4.78, 5) is 40.9. The quantitative estimate of drug-likeness (QED) is 0.504. The summed E-state index contributed by atoms with van der Waals surface area (Å²) in [5, 5.41) is 5.47. The van der Waals surface area contributed by atoms with Crippen LogP contribution in [0.4, 0.5) is 14.4 Å². The molecule has 1 aromatic heterocycles. The largest absolute Gasteiger partial charge is 0.444 e. The number of hydrogen-bond donors (Lipinski definition) is 2. The van der Waals surface area contributed by atoms with Crippen LogP contribution in [0.25, 0.3) is 0 Å². The van der Waals surface area contributed by atoms with Crippen LogP contribution in [0.1, 0.15) is 62.3 Å². The van der Waals surface area contributed by atoms with Crippen LogP contribution < -0.4 is 16.3 Å². The van der Waals surface area contributed by atoms with Gasteiger partial charge in [-0.15, -0.1) is 4.99 Å². The minimum absolute atomic E-state index is 0.191. The van der Waals surface area contributed by atoms with E-state index in [2.05, 4.69) is 31.6 Å². The standard InChI is InChI=1S/C23H40BrN5O6/c1-21(2,3)33-18(30)25-11-15(12-26-19(31)34-22(4,5)6)13-29-14-16(24)28(10)17(29)27-20(32)35-23(7,8)9/h14-15H,11-13H2,1-10H3,(H,25,30)(H,26,31). The Hall–Kier alpha value is -2.50. The SMILES string of the molecule is Cn1c(Br)cn(CC(CNC(=O)OC(C)(C)C)CNC(=O)OC(C)(C)C)c1=NC(=O)OC(C)(C)C. The van der Waals surface area contributed by atoms with E-state index < -0.39 is 35.1 Å². The second-order valence-corrected chi connectivity index (χ2v) is 12.0. The Labute approximate surface area is 215 Å². The van der Waals surface area contributed by atoms with E-state index in [1.54, 1.807) is 84.7 Å². The van der Waals surface area contributed by atoms with Gasteiger partial charge < -0.3 is 34.0 Å². The molecule has 11 nitrogen and oxygen atoms in total. The zero-order valence-corrected chi connectivity index (χ0v) is 24.0. The number of hydrogen-bond acceptors (Lipinski definition) is 6. The number of halogens is 1. The van der Waals surface area contributed by atoms with Crippen LogP contribution in [0.3, 0.4) is 0 Å². The molecule has 0 saturated carbocycles. The molecule has 0 aliphatic rings. The number of imidazole rings is 1. The van der Waals surface area contributed by atoms with Crippen LogP contribution in [-0.2, 0) is 27.8 Å². The molecule has 0 aromatic carbocycles. The smallest absolute Gasteiger partial charge is 0.437 e. The van der Waals surface area contributed by atoms with Crippen molar-refractivity contribution in [1.29, 1.82) is 0 Å². The lowest BCUT2D eigenvalue weighted by Crippen LogP contribution is -2.42. The van der Waals surface area contributed by atoms with Crippen molar-refractivity contribution in [3.05, 3.63) is 16.4 Å². The fraction of sp³-hybridized carbons (Fsp3) is 0.739. The molecule has 35 heavy (non-hydrogen) atoms. The summed E-state index contributed by atoms with van der Waals surface area (Å²) in [5.41, 5.74) is -1.64. The molecule has 0 bridgehead atoms. The number of nitrogens with one attached hydrogen (secondary N) is 2. The van der Waals surface area contributed by atoms with Crippen LogP contribution in [0.2, 0.25) is 0 Å². The van der Waals surface area contributed by atoms with Gasteiger partial charge in [-0.25, -0.2) is 14.4 Å². The van der Waals surface area contributed by atoms with Crippen molar-refractivity contribution < 1.29 is 28.6 Å². The normalized spacial score (nSPS) is 13.0. The fourth-order valence-electron chi connectivity index (χ4n) is 2.76. The topological polar surface area (TPSA) is 125 Å². The molecule has 0 radical (unpaired) electrons. The van der Waals surface area contributed by atoms with Crippen LogP contribution in [0.5, 0.6) is 0 Å². The Morgan fingerprint density at radius 2 is 1.31 bits per heavy atom. The number of ether oxygens (including phenoxy) is 3. The average molecular weight is 563 g/mol. The molecule has 0 aliphatic heterocycles. The van der Waals surface area contributed by atoms with Crippen molar-refractivity contribution in [3.63, 3.8) is 0 Å². The molecule has 1 heterocycles. The number of carbonyl (C=O) groups is 3. The lowest BCUT2D eigenvalue weighted by atomic mass is 10.1. The highest BCUT2D eigenvalue weighted by atomic mass is 79.9. The first-order valence-electron chi connectivity index (χ1n) is 11.4. The molecule has 0 unspecified atom stereocenters. The number of amides is 3. The maximum absolute atomic E-state index is 12.3. The van der Waals surface area contributed by atoms with E-state index in [0.717, 1.165) is 0 Å². The number of rotatable bonds is 6. The second-order valence-electron chi connectivity index (χ2n) is 11.2. The van der Waals surface area contributed by atoms with E-state index in [0.29, 0.717) is 16.8 Å². The first kappa shape index (κ1) is 30.5. The van der Waals surface area contributed by atoms with Crippen molar-refractivity contribution in [2.24, 2.45) is 18.0 Å². The molecule has 0 aliphatic carbocycles. The Bertz CT molecular complexity index is 931. The van der Waals surface area contributed by atoms with Crippen LogP contribution in [0, 0.1) is 5.92 Å². The molecular weight excluding hydrogens is 522 g/mol. The first-order valence-corrected chi connectivity index (χ1v) is 12.2. The number of alkyl carbamates (subject to hydrolysis) is 2. The molecular formula is C23H40BrN5O6. The average Bonchev–Trinajstić information content (AvgIpc) is 2.87. The van der Waals surface area contributed by atoms with Gasteiger partial charge in [0.2, 0.25) is 5.62 Å². The van der Waals surface area contributed by atoms with Gasteiger partial charge in [0.05, 0.1) is 0 Å². The van der Waals surface area contributed by atoms with Gasteiger partial charge in [-0.3, -0.25) is 0 Å². The van der Waals surface area contributed by atoms with Crippen molar-refractivity contribution in [1.82, 2.24) is 19.8 Å². The van der Waals surface area contributed by atoms with E-state index in [1.807, 2.05) is 0 Å². The third-order valence-electron chi connectivity index (χ3n) is 4.05. The van der Waals surface area contributed by atoms with E-state index in [1.165, 1.54) is 0 Å². The predicted octanol–water partition coefficient (Wildman–Crippen LogP) is 4.09.